The quantitative estimate of drug-likeness (QED) is 0.497. The van der Waals surface area contributed by atoms with E-state index in [2.05, 4.69) is 24.7 Å². The van der Waals surface area contributed by atoms with Crippen molar-refractivity contribution in [1.82, 2.24) is 0 Å². The molecule has 0 N–H and O–H groups in total. The number of carbonyl (C=O) groups excluding carboxylic acids is 2. The van der Waals surface area contributed by atoms with E-state index < -0.39 is 6.16 Å². The average Bonchev–Trinajstić information content (AvgIpc) is 2.80. The monoisotopic (exact) mass is 376 g/mol. The Morgan fingerprint density at radius 3 is 2.54 bits per heavy atom. The highest BCUT2D eigenvalue weighted by Gasteiger charge is 2.49. The highest BCUT2D eigenvalue weighted by molar-refractivity contribution is 8.18. The standard InChI is InChI=1S/C21H28O4S/c1-5-24-20(23)25-19-17(18-15(3)11-14(2)13-26(18)4)16(22)12-21(19)9-7-6-8-10-21/h11,13H,5-10,12H2,1-4H3. The smallest absolute Gasteiger partial charge is 0.434 e. The van der Waals surface area contributed by atoms with E-state index in [4.69, 9.17) is 9.47 Å². The fourth-order valence-electron chi connectivity index (χ4n) is 4.51. The van der Waals surface area contributed by atoms with E-state index >= 15 is 0 Å². The first-order valence-electron chi connectivity index (χ1n) is 9.39. The maximum absolute atomic E-state index is 13.1. The van der Waals surface area contributed by atoms with Gasteiger partial charge in [0.15, 0.2) is 5.78 Å². The van der Waals surface area contributed by atoms with Crippen molar-refractivity contribution >= 4 is 27.3 Å². The molecule has 0 amide bonds. The largest absolute Gasteiger partial charge is 0.513 e. The zero-order chi connectivity index (χ0) is 18.9. The van der Waals surface area contributed by atoms with Crippen LogP contribution in [-0.2, 0) is 14.3 Å². The topological polar surface area (TPSA) is 52.6 Å². The van der Waals surface area contributed by atoms with Crippen LogP contribution in [0, 0.1) is 5.41 Å². The Balaban J connectivity index is 2.14. The highest BCUT2D eigenvalue weighted by atomic mass is 32.2. The molecule has 0 saturated heterocycles. The SMILES string of the molecule is CCOC(=O)OC1=C(C2=S(C)C=C(C)C=C2C)C(=O)CC12CCCCC2. The summed E-state index contributed by atoms with van der Waals surface area (Å²) in [5.74, 6) is 0.692. The third-order valence-corrected chi connectivity index (χ3v) is 7.35. The first-order chi connectivity index (χ1) is 12.4. The number of Topliss-reactive ketones (excluding diaryl/α,β-unsaturated/α-hetero) is 1. The second kappa shape index (κ2) is 7.55. The summed E-state index contributed by atoms with van der Waals surface area (Å²) in [6.45, 7) is 6.14. The molecule has 1 saturated carbocycles. The summed E-state index contributed by atoms with van der Waals surface area (Å²) in [7, 11) is -0.184. The lowest BCUT2D eigenvalue weighted by Gasteiger charge is -2.34. The molecule has 3 aliphatic rings. The van der Waals surface area contributed by atoms with Crippen LogP contribution in [0.3, 0.4) is 0 Å². The van der Waals surface area contributed by atoms with Gasteiger partial charge >= 0.3 is 6.16 Å². The van der Waals surface area contributed by atoms with E-state index in [0.717, 1.165) is 36.1 Å². The maximum Gasteiger partial charge on any atom is 0.513 e. The molecule has 0 aromatic heterocycles. The Morgan fingerprint density at radius 1 is 1.23 bits per heavy atom. The molecule has 1 spiro atoms. The molecule has 1 atom stereocenters. The molecule has 26 heavy (non-hydrogen) atoms. The molecule has 2 aliphatic carbocycles. The summed E-state index contributed by atoms with van der Waals surface area (Å²) in [5.41, 5.74) is 2.62. The molecule has 0 aromatic carbocycles. The van der Waals surface area contributed by atoms with Crippen LogP contribution in [0.15, 0.2) is 34.0 Å². The molecule has 5 heteroatoms. The molecule has 1 aliphatic heterocycles. The second-order valence-corrected chi connectivity index (χ2v) is 9.27. The summed E-state index contributed by atoms with van der Waals surface area (Å²) >= 11 is 0. The molecule has 142 valence electrons. The molecule has 3 rings (SSSR count). The van der Waals surface area contributed by atoms with Crippen LogP contribution in [0.2, 0.25) is 0 Å². The summed E-state index contributed by atoms with van der Waals surface area (Å²) in [6, 6.07) is 0. The molecule has 4 nitrogen and oxygen atoms in total. The van der Waals surface area contributed by atoms with Gasteiger partial charge in [0.05, 0.1) is 12.2 Å². The van der Waals surface area contributed by atoms with Gasteiger partial charge in [-0.25, -0.2) is 4.79 Å². The van der Waals surface area contributed by atoms with Crippen LogP contribution in [-0.4, -0.2) is 29.7 Å². The van der Waals surface area contributed by atoms with E-state index in [1.54, 1.807) is 6.92 Å². The van der Waals surface area contributed by atoms with Crippen LogP contribution >= 0.6 is 10.5 Å². The summed E-state index contributed by atoms with van der Waals surface area (Å²) < 4.78 is 10.8. The molecular formula is C21H28O4S. The van der Waals surface area contributed by atoms with Crippen molar-refractivity contribution in [3.63, 3.8) is 0 Å². The number of hydrogen-bond acceptors (Lipinski definition) is 4. The predicted molar refractivity (Wildman–Crippen MR) is 106 cm³/mol. The number of carbonyl (C=O) groups is 2. The van der Waals surface area contributed by atoms with Gasteiger partial charge in [0.1, 0.15) is 5.76 Å². The number of allylic oxidation sites excluding steroid dienone is 5. The highest BCUT2D eigenvalue weighted by Crippen LogP contribution is 2.53. The lowest BCUT2D eigenvalue weighted by Crippen LogP contribution is -2.27. The summed E-state index contributed by atoms with van der Waals surface area (Å²) in [5, 5.41) is 2.19. The number of hydrogen-bond donors (Lipinski definition) is 0. The minimum absolute atomic E-state index is 0.112. The zero-order valence-corrected chi connectivity index (χ0v) is 17.0. The third kappa shape index (κ3) is 3.46. The first kappa shape index (κ1) is 19.2. The Kier molecular flexibility index (Phi) is 5.56. The minimum atomic E-state index is -0.694. The molecular weight excluding hydrogens is 348 g/mol. The van der Waals surface area contributed by atoms with Gasteiger partial charge < -0.3 is 9.47 Å². The lowest BCUT2D eigenvalue weighted by atomic mass is 9.72. The predicted octanol–water partition coefficient (Wildman–Crippen LogP) is 5.27. The van der Waals surface area contributed by atoms with Crippen LogP contribution in [0.5, 0.6) is 0 Å². The number of ether oxygens (including phenoxy) is 2. The van der Waals surface area contributed by atoms with Crippen LogP contribution in [0.1, 0.15) is 59.3 Å². The van der Waals surface area contributed by atoms with E-state index in [0.29, 0.717) is 17.8 Å². The lowest BCUT2D eigenvalue weighted by molar-refractivity contribution is -0.116. The molecule has 1 heterocycles. The molecule has 1 unspecified atom stereocenters. The van der Waals surface area contributed by atoms with Crippen molar-refractivity contribution in [2.24, 2.45) is 5.41 Å². The Morgan fingerprint density at radius 2 is 1.92 bits per heavy atom. The van der Waals surface area contributed by atoms with E-state index in [1.165, 1.54) is 12.0 Å². The maximum atomic E-state index is 13.1. The first-order valence-corrected chi connectivity index (χ1v) is 11.1. The average molecular weight is 377 g/mol. The fourth-order valence-corrected chi connectivity index (χ4v) is 6.35. The van der Waals surface area contributed by atoms with Gasteiger partial charge in [0, 0.05) is 16.7 Å². The Labute approximate surface area is 158 Å². The normalized spacial score (nSPS) is 25.3. The number of rotatable bonds is 3. The molecule has 0 aromatic rings. The molecule has 0 radical (unpaired) electrons. The van der Waals surface area contributed by atoms with Crippen molar-refractivity contribution in [2.75, 3.05) is 12.9 Å². The van der Waals surface area contributed by atoms with Crippen molar-refractivity contribution in [3.05, 3.63) is 34.0 Å². The summed E-state index contributed by atoms with van der Waals surface area (Å²) in [6.07, 6.45) is 9.11. The molecule has 0 bridgehead atoms. The minimum Gasteiger partial charge on any atom is -0.434 e. The van der Waals surface area contributed by atoms with Gasteiger partial charge in [-0.1, -0.05) is 25.3 Å². The zero-order valence-electron chi connectivity index (χ0n) is 16.1. The van der Waals surface area contributed by atoms with Crippen molar-refractivity contribution in [3.8, 4) is 0 Å². The van der Waals surface area contributed by atoms with Gasteiger partial charge in [0.25, 0.3) is 0 Å². The fraction of sp³-hybridized carbons (Fsp3) is 0.571. The third-order valence-electron chi connectivity index (χ3n) is 5.46. The second-order valence-electron chi connectivity index (χ2n) is 7.51. The number of ketones is 1. The Bertz CT molecular complexity index is 758. The van der Waals surface area contributed by atoms with E-state index in [1.807, 2.05) is 6.92 Å². The van der Waals surface area contributed by atoms with Crippen LogP contribution in [0.25, 0.3) is 0 Å². The van der Waals surface area contributed by atoms with Gasteiger partial charge in [0.2, 0.25) is 0 Å². The van der Waals surface area contributed by atoms with Gasteiger partial charge in [-0.05, 0) is 56.4 Å². The van der Waals surface area contributed by atoms with Crippen LogP contribution in [0.4, 0.5) is 4.79 Å². The van der Waals surface area contributed by atoms with Crippen molar-refractivity contribution in [2.45, 2.75) is 59.3 Å². The van der Waals surface area contributed by atoms with Crippen molar-refractivity contribution < 1.29 is 19.1 Å². The summed E-state index contributed by atoms with van der Waals surface area (Å²) in [4.78, 5) is 26.3. The molecule has 1 fully saturated rings. The van der Waals surface area contributed by atoms with Gasteiger partial charge in [-0.3, -0.25) is 4.79 Å². The van der Waals surface area contributed by atoms with Crippen LogP contribution < -0.4 is 0 Å². The van der Waals surface area contributed by atoms with E-state index in [-0.39, 0.29) is 28.3 Å². The van der Waals surface area contributed by atoms with Gasteiger partial charge in [-0.15, -0.1) is 0 Å². The Hall–Kier alpha value is -1.62. The van der Waals surface area contributed by atoms with Gasteiger partial charge in [-0.2, -0.15) is 10.5 Å². The van der Waals surface area contributed by atoms with E-state index in [9.17, 15) is 9.59 Å². The van der Waals surface area contributed by atoms with Crippen molar-refractivity contribution in [1.29, 1.82) is 0 Å².